The van der Waals surface area contributed by atoms with Crippen LogP contribution in [0.25, 0.3) is 0 Å². The summed E-state index contributed by atoms with van der Waals surface area (Å²) in [5.41, 5.74) is 2.28. The zero-order chi connectivity index (χ0) is 13.7. The van der Waals surface area contributed by atoms with Gasteiger partial charge < -0.3 is 5.32 Å². The smallest absolute Gasteiger partial charge is 0.141 e. The molecule has 0 saturated carbocycles. The van der Waals surface area contributed by atoms with Crippen LogP contribution in [0.4, 0.5) is 4.39 Å². The number of thioether (sulfide) groups is 1. The van der Waals surface area contributed by atoms with Crippen LogP contribution in [0.5, 0.6) is 0 Å². The summed E-state index contributed by atoms with van der Waals surface area (Å²) in [5.74, 6) is 0.412. The van der Waals surface area contributed by atoms with Crippen molar-refractivity contribution in [2.75, 3.05) is 7.05 Å². The summed E-state index contributed by atoms with van der Waals surface area (Å²) in [5, 5.41) is 3.31. The Morgan fingerprint density at radius 2 is 2.00 bits per heavy atom. The molecule has 2 aromatic rings. The average molecular weight is 296 g/mol. The van der Waals surface area contributed by atoms with E-state index >= 15 is 0 Å². The molecule has 0 amide bonds. The highest BCUT2D eigenvalue weighted by molar-refractivity contribution is 7.98. The number of hydrogen-bond donors (Lipinski definition) is 1. The fourth-order valence-corrected chi connectivity index (χ4v) is 2.87. The summed E-state index contributed by atoms with van der Waals surface area (Å²) in [6.45, 7) is 0.858. The molecule has 19 heavy (non-hydrogen) atoms. The lowest BCUT2D eigenvalue weighted by Gasteiger charge is -2.06. The van der Waals surface area contributed by atoms with Gasteiger partial charge in [0.25, 0.3) is 0 Å². The Morgan fingerprint density at radius 1 is 1.16 bits per heavy atom. The average Bonchev–Trinajstić information content (AvgIpc) is 2.41. The van der Waals surface area contributed by atoms with Crippen LogP contribution in [0, 0.1) is 5.82 Å². The molecule has 2 rings (SSSR count). The minimum Gasteiger partial charge on any atom is -0.316 e. The molecule has 0 radical (unpaired) electrons. The molecule has 0 bridgehead atoms. The lowest BCUT2D eigenvalue weighted by Crippen LogP contribution is -2.04. The van der Waals surface area contributed by atoms with E-state index < -0.39 is 0 Å². The van der Waals surface area contributed by atoms with Crippen molar-refractivity contribution in [3.8, 4) is 0 Å². The van der Waals surface area contributed by atoms with Crippen LogP contribution in [0.1, 0.15) is 11.1 Å². The van der Waals surface area contributed by atoms with E-state index in [1.165, 1.54) is 16.5 Å². The van der Waals surface area contributed by atoms with Crippen molar-refractivity contribution in [1.29, 1.82) is 0 Å². The van der Waals surface area contributed by atoms with Crippen molar-refractivity contribution in [2.45, 2.75) is 17.2 Å². The third kappa shape index (κ3) is 4.23. The molecule has 0 aliphatic carbocycles. The van der Waals surface area contributed by atoms with Gasteiger partial charge in [0.05, 0.1) is 5.02 Å². The van der Waals surface area contributed by atoms with Crippen molar-refractivity contribution in [2.24, 2.45) is 0 Å². The second kappa shape index (κ2) is 6.94. The lowest BCUT2D eigenvalue weighted by molar-refractivity contribution is 0.628. The molecular weight excluding hydrogens is 281 g/mol. The zero-order valence-electron chi connectivity index (χ0n) is 10.6. The van der Waals surface area contributed by atoms with E-state index in [-0.39, 0.29) is 10.8 Å². The first-order valence-electron chi connectivity index (χ1n) is 5.99. The maximum atomic E-state index is 13.1. The first-order valence-corrected chi connectivity index (χ1v) is 7.35. The predicted octanol–water partition coefficient (Wildman–Crippen LogP) is 4.49. The van der Waals surface area contributed by atoms with Gasteiger partial charge in [-0.1, -0.05) is 29.8 Å². The van der Waals surface area contributed by atoms with Crippen LogP contribution in [0.3, 0.4) is 0 Å². The molecule has 2 aromatic carbocycles. The Balaban J connectivity index is 2.01. The third-order valence-electron chi connectivity index (χ3n) is 2.67. The quantitative estimate of drug-likeness (QED) is 0.816. The van der Waals surface area contributed by atoms with Crippen LogP contribution in [0.2, 0.25) is 5.02 Å². The lowest BCUT2D eigenvalue weighted by atomic mass is 10.2. The second-order valence-corrected chi connectivity index (χ2v) is 5.67. The molecule has 0 unspecified atom stereocenters. The van der Waals surface area contributed by atoms with Crippen molar-refractivity contribution in [3.63, 3.8) is 0 Å². The fraction of sp³-hybridized carbons (Fsp3) is 0.200. The van der Waals surface area contributed by atoms with Gasteiger partial charge in [0, 0.05) is 17.2 Å². The molecule has 0 heterocycles. The molecule has 0 saturated heterocycles. The molecule has 0 aromatic heterocycles. The van der Waals surface area contributed by atoms with Gasteiger partial charge in [0.1, 0.15) is 5.82 Å². The minimum absolute atomic E-state index is 0.182. The Hall–Kier alpha value is -1.03. The number of nitrogens with one attached hydrogen (secondary N) is 1. The molecule has 0 spiro atoms. The van der Waals surface area contributed by atoms with E-state index in [2.05, 4.69) is 23.5 Å². The van der Waals surface area contributed by atoms with Crippen molar-refractivity contribution < 1.29 is 4.39 Å². The summed E-state index contributed by atoms with van der Waals surface area (Å²) in [4.78, 5) is 1.20. The number of halogens is 2. The van der Waals surface area contributed by atoms with Gasteiger partial charge in [-0.2, -0.15) is 0 Å². The van der Waals surface area contributed by atoms with Crippen LogP contribution >= 0.6 is 23.4 Å². The maximum absolute atomic E-state index is 13.1. The molecule has 4 heteroatoms. The Kier molecular flexibility index (Phi) is 5.25. The summed E-state index contributed by atoms with van der Waals surface area (Å²) >= 11 is 7.49. The fourth-order valence-electron chi connectivity index (χ4n) is 1.75. The highest BCUT2D eigenvalue weighted by atomic mass is 35.5. The largest absolute Gasteiger partial charge is 0.316 e. The van der Waals surface area contributed by atoms with Crippen molar-refractivity contribution in [1.82, 2.24) is 5.32 Å². The van der Waals surface area contributed by atoms with E-state index in [0.29, 0.717) is 0 Å². The highest BCUT2D eigenvalue weighted by Crippen LogP contribution is 2.25. The monoisotopic (exact) mass is 295 g/mol. The Bertz CT molecular complexity index is 560. The van der Waals surface area contributed by atoms with Gasteiger partial charge in [0.2, 0.25) is 0 Å². The van der Waals surface area contributed by atoms with Crippen LogP contribution < -0.4 is 5.32 Å². The molecule has 100 valence electrons. The van der Waals surface area contributed by atoms with Crippen LogP contribution in [-0.4, -0.2) is 7.05 Å². The molecule has 0 aliphatic rings. The molecule has 0 atom stereocenters. The summed E-state index contributed by atoms with van der Waals surface area (Å²) in [7, 11) is 1.93. The van der Waals surface area contributed by atoms with Crippen LogP contribution in [-0.2, 0) is 12.3 Å². The topological polar surface area (TPSA) is 12.0 Å². The maximum Gasteiger partial charge on any atom is 0.141 e. The van der Waals surface area contributed by atoms with Gasteiger partial charge in [-0.05, 0) is 42.4 Å². The van der Waals surface area contributed by atoms with Gasteiger partial charge in [-0.25, -0.2) is 4.39 Å². The molecule has 0 fully saturated rings. The first kappa shape index (κ1) is 14.4. The SMILES string of the molecule is CNCc1cccc(SCc2ccc(F)c(Cl)c2)c1. The third-order valence-corrected chi connectivity index (χ3v) is 4.02. The van der Waals surface area contributed by atoms with Crippen molar-refractivity contribution >= 4 is 23.4 Å². The summed E-state index contributed by atoms with van der Waals surface area (Å²) < 4.78 is 13.1. The minimum atomic E-state index is -0.369. The van der Waals surface area contributed by atoms with Gasteiger partial charge in [-0.3, -0.25) is 0 Å². The predicted molar refractivity (Wildman–Crippen MR) is 80.2 cm³/mol. The molecule has 1 nitrogen and oxygen atoms in total. The molecule has 0 aliphatic heterocycles. The van der Waals surface area contributed by atoms with E-state index in [1.807, 2.05) is 13.1 Å². The van der Waals surface area contributed by atoms with E-state index in [9.17, 15) is 4.39 Å². The summed E-state index contributed by atoms with van der Waals surface area (Å²) in [6.07, 6.45) is 0. The standard InChI is InChI=1S/C15H15ClFNS/c1-18-9-11-3-2-4-13(7-11)19-10-12-5-6-15(17)14(16)8-12/h2-8,18H,9-10H2,1H3. The molecule has 1 N–H and O–H groups in total. The van der Waals surface area contributed by atoms with Crippen molar-refractivity contribution in [3.05, 3.63) is 64.4 Å². The second-order valence-electron chi connectivity index (χ2n) is 4.21. The normalized spacial score (nSPS) is 10.7. The van der Waals surface area contributed by atoms with Gasteiger partial charge in [-0.15, -0.1) is 11.8 Å². The number of hydrogen-bond acceptors (Lipinski definition) is 2. The number of benzene rings is 2. The number of rotatable bonds is 5. The van der Waals surface area contributed by atoms with Gasteiger partial charge >= 0.3 is 0 Å². The van der Waals surface area contributed by atoms with E-state index in [4.69, 9.17) is 11.6 Å². The Morgan fingerprint density at radius 3 is 2.74 bits per heavy atom. The van der Waals surface area contributed by atoms with Crippen LogP contribution in [0.15, 0.2) is 47.4 Å². The zero-order valence-corrected chi connectivity index (χ0v) is 12.2. The van der Waals surface area contributed by atoms with E-state index in [1.54, 1.807) is 23.9 Å². The molecular formula is C15H15ClFNS. The highest BCUT2D eigenvalue weighted by Gasteiger charge is 2.02. The Labute approximate surface area is 122 Å². The van der Waals surface area contributed by atoms with Gasteiger partial charge in [0.15, 0.2) is 0 Å². The first-order chi connectivity index (χ1) is 9.19. The van der Waals surface area contributed by atoms with E-state index in [0.717, 1.165) is 17.9 Å². The summed E-state index contributed by atoms with van der Waals surface area (Å²) in [6, 6.07) is 13.2.